The van der Waals surface area contributed by atoms with Crippen molar-refractivity contribution >= 4 is 56.0 Å². The van der Waals surface area contributed by atoms with Crippen LogP contribution in [0.25, 0.3) is 10.9 Å². The first kappa shape index (κ1) is 17.5. The number of halogens is 2. The number of amides is 1. The van der Waals surface area contributed by atoms with Gasteiger partial charge in [0.15, 0.2) is 0 Å². The molecule has 5 nitrogen and oxygen atoms in total. The Labute approximate surface area is 157 Å². The van der Waals surface area contributed by atoms with E-state index in [0.29, 0.717) is 10.7 Å². The van der Waals surface area contributed by atoms with E-state index < -0.39 is 5.97 Å². The summed E-state index contributed by atoms with van der Waals surface area (Å²) < 4.78 is 7.55. The Kier molecular flexibility index (Phi) is 5.11. The van der Waals surface area contributed by atoms with E-state index in [0.717, 1.165) is 15.4 Å². The van der Waals surface area contributed by atoms with Crippen molar-refractivity contribution in [2.45, 2.75) is 6.54 Å². The Morgan fingerprint density at radius 2 is 2.00 bits per heavy atom. The number of hydrogen-bond donors (Lipinski definition) is 1. The van der Waals surface area contributed by atoms with E-state index in [4.69, 9.17) is 16.3 Å². The Bertz CT molecular complexity index is 968. The first-order chi connectivity index (χ1) is 12.0. The van der Waals surface area contributed by atoms with Crippen LogP contribution in [-0.2, 0) is 16.1 Å². The average molecular weight is 422 g/mol. The fourth-order valence-corrected chi connectivity index (χ4v) is 3.11. The molecular formula is C18H14BrClN2O3. The van der Waals surface area contributed by atoms with Gasteiger partial charge in [0.05, 0.1) is 18.4 Å². The maximum atomic E-state index is 12.4. The van der Waals surface area contributed by atoms with Crippen LogP contribution in [0.5, 0.6) is 0 Å². The molecule has 0 aliphatic rings. The Hall–Kier alpha value is -2.31. The molecular weight excluding hydrogens is 408 g/mol. The zero-order chi connectivity index (χ0) is 18.0. The fourth-order valence-electron chi connectivity index (χ4n) is 2.56. The van der Waals surface area contributed by atoms with Gasteiger partial charge in [-0.3, -0.25) is 4.79 Å². The molecule has 1 N–H and O–H groups in total. The predicted octanol–water partition coefficient (Wildman–Crippen LogP) is 4.48. The average Bonchev–Trinajstić information content (AvgIpc) is 2.97. The lowest BCUT2D eigenvalue weighted by atomic mass is 10.1. The number of fused-ring (bicyclic) bond motifs is 1. The largest absolute Gasteiger partial charge is 0.465 e. The number of ether oxygens (including phenoxy) is 1. The lowest BCUT2D eigenvalue weighted by molar-refractivity contribution is -0.116. The fraction of sp³-hybridized carbons (Fsp3) is 0.111. The summed E-state index contributed by atoms with van der Waals surface area (Å²) in [6, 6.07) is 12.4. The highest BCUT2D eigenvalue weighted by molar-refractivity contribution is 9.10. The van der Waals surface area contributed by atoms with E-state index in [-0.39, 0.29) is 18.0 Å². The zero-order valence-electron chi connectivity index (χ0n) is 13.3. The van der Waals surface area contributed by atoms with Crippen molar-refractivity contribution in [2.75, 3.05) is 12.4 Å². The molecule has 0 atom stereocenters. The van der Waals surface area contributed by atoms with Gasteiger partial charge in [-0.25, -0.2) is 4.79 Å². The third-order valence-electron chi connectivity index (χ3n) is 3.71. The highest BCUT2D eigenvalue weighted by Gasteiger charge is 2.15. The van der Waals surface area contributed by atoms with Crippen LogP contribution in [0, 0.1) is 0 Å². The van der Waals surface area contributed by atoms with Gasteiger partial charge < -0.3 is 14.6 Å². The molecule has 0 unspecified atom stereocenters. The number of benzene rings is 2. The molecule has 0 bridgehead atoms. The first-order valence-corrected chi connectivity index (χ1v) is 8.57. The molecule has 0 saturated heterocycles. The van der Waals surface area contributed by atoms with Crippen molar-refractivity contribution in [2.24, 2.45) is 0 Å². The second-order valence-corrected chi connectivity index (χ2v) is 6.73. The lowest BCUT2D eigenvalue weighted by Crippen LogP contribution is -2.20. The van der Waals surface area contributed by atoms with E-state index >= 15 is 0 Å². The minimum absolute atomic E-state index is 0.119. The van der Waals surface area contributed by atoms with Gasteiger partial charge >= 0.3 is 5.97 Å². The lowest BCUT2D eigenvalue weighted by Gasteiger charge is -2.11. The number of esters is 1. The third-order valence-corrected chi connectivity index (χ3v) is 4.44. The Morgan fingerprint density at radius 1 is 1.20 bits per heavy atom. The SMILES string of the molecule is COC(=O)c1cc(Cl)ccc1NC(=O)Cn1ccc2cc(Br)ccc21. The Balaban J connectivity index is 1.82. The van der Waals surface area contributed by atoms with Crippen LogP contribution < -0.4 is 5.32 Å². The summed E-state index contributed by atoms with van der Waals surface area (Å²) in [7, 11) is 1.28. The molecule has 1 amide bonds. The highest BCUT2D eigenvalue weighted by atomic mass is 79.9. The number of hydrogen-bond acceptors (Lipinski definition) is 3. The molecule has 0 fully saturated rings. The molecule has 25 heavy (non-hydrogen) atoms. The van der Waals surface area contributed by atoms with Gasteiger partial charge in [-0.2, -0.15) is 0 Å². The maximum Gasteiger partial charge on any atom is 0.340 e. The van der Waals surface area contributed by atoms with Gasteiger partial charge in [0.25, 0.3) is 0 Å². The summed E-state index contributed by atoms with van der Waals surface area (Å²) in [6.07, 6.45) is 1.85. The van der Waals surface area contributed by atoms with Crippen LogP contribution in [0.1, 0.15) is 10.4 Å². The number of anilines is 1. The molecule has 128 valence electrons. The van der Waals surface area contributed by atoms with Gasteiger partial charge in [0, 0.05) is 26.6 Å². The number of methoxy groups -OCH3 is 1. The van der Waals surface area contributed by atoms with E-state index in [2.05, 4.69) is 21.2 Å². The summed E-state index contributed by atoms with van der Waals surface area (Å²) >= 11 is 9.35. The number of rotatable bonds is 4. The van der Waals surface area contributed by atoms with Crippen molar-refractivity contribution < 1.29 is 14.3 Å². The number of nitrogens with one attached hydrogen (secondary N) is 1. The molecule has 3 rings (SSSR count). The highest BCUT2D eigenvalue weighted by Crippen LogP contribution is 2.23. The predicted molar refractivity (Wildman–Crippen MR) is 101 cm³/mol. The van der Waals surface area contributed by atoms with E-state index in [1.54, 1.807) is 12.1 Å². The molecule has 3 aromatic rings. The second-order valence-electron chi connectivity index (χ2n) is 5.38. The van der Waals surface area contributed by atoms with Gasteiger partial charge in [0.2, 0.25) is 5.91 Å². The summed E-state index contributed by atoms with van der Waals surface area (Å²) in [6.45, 7) is 0.119. The first-order valence-electron chi connectivity index (χ1n) is 7.40. The molecule has 0 aliphatic heterocycles. The van der Waals surface area contributed by atoms with Crippen molar-refractivity contribution in [1.82, 2.24) is 4.57 Å². The van der Waals surface area contributed by atoms with Crippen molar-refractivity contribution in [3.8, 4) is 0 Å². The van der Waals surface area contributed by atoms with Gasteiger partial charge in [-0.1, -0.05) is 27.5 Å². The van der Waals surface area contributed by atoms with E-state index in [1.165, 1.54) is 13.2 Å². The summed E-state index contributed by atoms with van der Waals surface area (Å²) in [5, 5.41) is 4.16. The maximum absolute atomic E-state index is 12.4. The topological polar surface area (TPSA) is 60.3 Å². The quantitative estimate of drug-likeness (QED) is 0.632. The summed E-state index contributed by atoms with van der Waals surface area (Å²) in [4.78, 5) is 24.3. The van der Waals surface area contributed by atoms with Gasteiger partial charge in [-0.05, 0) is 42.5 Å². The molecule has 0 radical (unpaired) electrons. The third kappa shape index (κ3) is 3.86. The van der Waals surface area contributed by atoms with E-state index in [9.17, 15) is 9.59 Å². The van der Waals surface area contributed by atoms with Crippen LogP contribution in [0.2, 0.25) is 5.02 Å². The minimum atomic E-state index is -0.561. The Morgan fingerprint density at radius 3 is 2.76 bits per heavy atom. The zero-order valence-corrected chi connectivity index (χ0v) is 15.6. The molecule has 1 heterocycles. The van der Waals surface area contributed by atoms with Crippen LogP contribution in [0.4, 0.5) is 5.69 Å². The molecule has 0 saturated carbocycles. The monoisotopic (exact) mass is 420 g/mol. The normalized spacial score (nSPS) is 10.7. The minimum Gasteiger partial charge on any atom is -0.465 e. The standard InChI is InChI=1S/C18H14BrClN2O3/c1-25-18(24)14-9-13(20)3-4-15(14)21-17(23)10-22-7-6-11-8-12(19)2-5-16(11)22/h2-9H,10H2,1H3,(H,21,23). The van der Waals surface area contributed by atoms with Crippen LogP contribution in [0.15, 0.2) is 53.1 Å². The van der Waals surface area contributed by atoms with Crippen LogP contribution >= 0.6 is 27.5 Å². The summed E-state index contributed by atoms with van der Waals surface area (Å²) in [5.74, 6) is -0.818. The van der Waals surface area contributed by atoms with Gasteiger partial charge in [-0.15, -0.1) is 0 Å². The second kappa shape index (κ2) is 7.29. The molecule has 0 aliphatic carbocycles. The van der Waals surface area contributed by atoms with Crippen LogP contribution in [-0.4, -0.2) is 23.6 Å². The van der Waals surface area contributed by atoms with Crippen molar-refractivity contribution in [1.29, 1.82) is 0 Å². The van der Waals surface area contributed by atoms with Gasteiger partial charge in [0.1, 0.15) is 6.54 Å². The van der Waals surface area contributed by atoms with Crippen LogP contribution in [0.3, 0.4) is 0 Å². The number of carbonyl (C=O) groups excluding carboxylic acids is 2. The molecule has 2 aromatic carbocycles. The van der Waals surface area contributed by atoms with E-state index in [1.807, 2.05) is 35.0 Å². The molecule has 0 spiro atoms. The number of aromatic nitrogens is 1. The van der Waals surface area contributed by atoms with Crippen molar-refractivity contribution in [3.63, 3.8) is 0 Å². The smallest absolute Gasteiger partial charge is 0.340 e. The number of carbonyl (C=O) groups is 2. The number of nitrogens with zero attached hydrogens (tertiary/aromatic N) is 1. The molecule has 1 aromatic heterocycles. The molecule has 7 heteroatoms. The summed E-state index contributed by atoms with van der Waals surface area (Å²) in [5.41, 5.74) is 1.52. The van der Waals surface area contributed by atoms with Crippen molar-refractivity contribution in [3.05, 3.63) is 63.7 Å².